The number of nitrogens with one attached hydrogen (secondary N) is 1. The molecule has 1 unspecified atom stereocenters. The lowest BCUT2D eigenvalue weighted by Crippen LogP contribution is -2.34. The Hall–Kier alpha value is -3.01. The minimum absolute atomic E-state index is 0.0269. The molecule has 1 atom stereocenters. The van der Waals surface area contributed by atoms with Crippen molar-refractivity contribution in [3.63, 3.8) is 0 Å². The van der Waals surface area contributed by atoms with Crippen LogP contribution in [0.25, 0.3) is 16.3 Å². The summed E-state index contributed by atoms with van der Waals surface area (Å²) in [4.78, 5) is 12.4. The van der Waals surface area contributed by atoms with Gasteiger partial charge in [0.25, 0.3) is 12.0 Å². The van der Waals surface area contributed by atoms with E-state index in [4.69, 9.17) is 0 Å². The van der Waals surface area contributed by atoms with Crippen molar-refractivity contribution in [3.8, 4) is 0 Å². The number of halogens is 2. The first-order valence-corrected chi connectivity index (χ1v) is 8.97. The van der Waals surface area contributed by atoms with E-state index >= 15 is 0 Å². The monoisotopic (exact) mass is 365 g/mol. The van der Waals surface area contributed by atoms with Crippen LogP contribution in [0.15, 0.2) is 78.9 Å². The Balaban J connectivity index is 1.82. The third-order valence-corrected chi connectivity index (χ3v) is 4.64. The van der Waals surface area contributed by atoms with Crippen molar-refractivity contribution in [3.05, 3.63) is 90.0 Å². The number of benzene rings is 3. The highest BCUT2D eigenvalue weighted by atomic mass is 19.3. The van der Waals surface area contributed by atoms with E-state index in [0.29, 0.717) is 17.5 Å². The lowest BCUT2D eigenvalue weighted by molar-refractivity contribution is 0.0936. The molecule has 0 spiro atoms. The number of hydrogen-bond acceptors (Lipinski definition) is 1. The van der Waals surface area contributed by atoms with Crippen LogP contribution in [0.4, 0.5) is 8.78 Å². The summed E-state index contributed by atoms with van der Waals surface area (Å²) in [5.41, 5.74) is 0.981. The summed E-state index contributed by atoms with van der Waals surface area (Å²) in [6.45, 7) is 1.88. The van der Waals surface area contributed by atoms with Gasteiger partial charge in [0.05, 0.1) is 0 Å². The molecule has 3 rings (SSSR count). The topological polar surface area (TPSA) is 29.1 Å². The summed E-state index contributed by atoms with van der Waals surface area (Å²) < 4.78 is 27.4. The molecule has 27 heavy (non-hydrogen) atoms. The Morgan fingerprint density at radius 2 is 1.56 bits per heavy atom. The predicted molar refractivity (Wildman–Crippen MR) is 106 cm³/mol. The van der Waals surface area contributed by atoms with Gasteiger partial charge in [-0.2, -0.15) is 8.78 Å². The smallest absolute Gasteiger partial charge is 0.274 e. The molecule has 3 aromatic carbocycles. The third-order valence-electron chi connectivity index (χ3n) is 4.64. The van der Waals surface area contributed by atoms with Crippen molar-refractivity contribution in [2.45, 2.75) is 25.8 Å². The van der Waals surface area contributed by atoms with Gasteiger partial charge in [-0.15, -0.1) is 0 Å². The molecule has 0 radical (unpaired) electrons. The Kier molecular flexibility index (Phi) is 5.97. The lowest BCUT2D eigenvalue weighted by atomic mass is 9.96. The maximum atomic E-state index is 13.7. The first-order chi connectivity index (χ1) is 13.1. The Morgan fingerprint density at radius 3 is 2.22 bits per heavy atom. The molecule has 4 heteroatoms. The van der Waals surface area contributed by atoms with Crippen LogP contribution in [0.2, 0.25) is 0 Å². The zero-order valence-corrected chi connectivity index (χ0v) is 15.1. The maximum Gasteiger partial charge on any atom is 0.274 e. The number of hydrogen-bond donors (Lipinski definition) is 1. The first-order valence-electron chi connectivity index (χ1n) is 8.97. The van der Waals surface area contributed by atoms with Crippen LogP contribution in [0.3, 0.4) is 0 Å². The highest BCUT2D eigenvalue weighted by Crippen LogP contribution is 2.29. The van der Waals surface area contributed by atoms with Crippen LogP contribution >= 0.6 is 0 Å². The molecule has 0 saturated heterocycles. The molecule has 1 N–H and O–H groups in total. The van der Waals surface area contributed by atoms with Crippen molar-refractivity contribution in [1.29, 1.82) is 0 Å². The van der Waals surface area contributed by atoms with Gasteiger partial charge in [0.15, 0.2) is 0 Å². The number of carbonyl (C=O) groups is 1. The van der Waals surface area contributed by atoms with Crippen molar-refractivity contribution >= 4 is 22.3 Å². The average molecular weight is 365 g/mol. The zero-order chi connectivity index (χ0) is 19.2. The Labute approximate surface area is 157 Å². The van der Waals surface area contributed by atoms with Gasteiger partial charge in [-0.3, -0.25) is 4.79 Å². The SMILES string of the molecule is CCC(CC(=C(F)F)c1ccc2ccccc2c1)NC(=O)c1ccccc1. The minimum atomic E-state index is -1.71. The summed E-state index contributed by atoms with van der Waals surface area (Å²) in [5, 5.41) is 4.78. The Morgan fingerprint density at radius 1 is 0.889 bits per heavy atom. The van der Waals surface area contributed by atoms with E-state index in [1.165, 1.54) is 0 Å². The van der Waals surface area contributed by atoms with Crippen molar-refractivity contribution in [2.75, 3.05) is 0 Å². The summed E-state index contributed by atoms with van der Waals surface area (Å²) in [6.07, 6.45) is -1.07. The highest BCUT2D eigenvalue weighted by molar-refractivity contribution is 5.94. The summed E-state index contributed by atoms with van der Waals surface area (Å²) >= 11 is 0. The first kappa shape index (κ1) is 18.8. The van der Waals surface area contributed by atoms with E-state index in [9.17, 15) is 13.6 Å². The molecule has 2 nitrogen and oxygen atoms in total. The van der Waals surface area contributed by atoms with Crippen molar-refractivity contribution in [2.24, 2.45) is 0 Å². The molecule has 0 saturated carbocycles. The highest BCUT2D eigenvalue weighted by Gasteiger charge is 2.18. The van der Waals surface area contributed by atoms with Gasteiger partial charge >= 0.3 is 0 Å². The van der Waals surface area contributed by atoms with Gasteiger partial charge in [0.2, 0.25) is 0 Å². The van der Waals surface area contributed by atoms with E-state index in [0.717, 1.165) is 10.8 Å². The predicted octanol–water partition coefficient (Wildman–Crippen LogP) is 6.05. The van der Waals surface area contributed by atoms with Crippen LogP contribution < -0.4 is 5.32 Å². The Bertz CT molecular complexity index is 962. The molecule has 0 aliphatic carbocycles. The molecule has 0 bridgehead atoms. The van der Waals surface area contributed by atoms with Crippen molar-refractivity contribution in [1.82, 2.24) is 5.32 Å². The number of carbonyl (C=O) groups excluding carboxylic acids is 1. The second-order valence-electron chi connectivity index (χ2n) is 6.45. The number of amides is 1. The standard InChI is InChI=1S/C23H21F2NO/c1-2-20(26-23(27)17-9-4-3-5-10-17)15-21(22(24)25)19-13-12-16-8-6-7-11-18(16)14-19/h3-14,20H,2,15H2,1H3,(H,26,27). The van der Waals surface area contributed by atoms with Gasteiger partial charge in [-0.05, 0) is 47.4 Å². The van der Waals surface area contributed by atoms with Gasteiger partial charge < -0.3 is 5.32 Å². The molecule has 138 valence electrons. The van der Waals surface area contributed by atoms with Crippen LogP contribution in [0.1, 0.15) is 35.7 Å². The molecule has 0 heterocycles. The van der Waals surface area contributed by atoms with Crippen LogP contribution in [0, 0.1) is 0 Å². The van der Waals surface area contributed by atoms with Gasteiger partial charge in [0.1, 0.15) is 0 Å². The van der Waals surface area contributed by atoms with E-state index in [-0.39, 0.29) is 23.9 Å². The zero-order valence-electron chi connectivity index (χ0n) is 15.1. The van der Waals surface area contributed by atoms with E-state index in [1.54, 1.807) is 36.4 Å². The average Bonchev–Trinajstić information content (AvgIpc) is 2.71. The van der Waals surface area contributed by atoms with Crippen LogP contribution in [0.5, 0.6) is 0 Å². The molecule has 1 amide bonds. The molecule has 0 fully saturated rings. The maximum absolute atomic E-state index is 13.7. The van der Waals surface area contributed by atoms with E-state index in [2.05, 4.69) is 5.32 Å². The minimum Gasteiger partial charge on any atom is -0.349 e. The van der Waals surface area contributed by atoms with Gasteiger partial charge in [-0.1, -0.05) is 61.5 Å². The second kappa shape index (κ2) is 8.58. The molecule has 3 aromatic rings. The van der Waals surface area contributed by atoms with Crippen LogP contribution in [-0.2, 0) is 0 Å². The molecular weight excluding hydrogens is 344 g/mol. The van der Waals surface area contributed by atoms with Gasteiger partial charge in [-0.25, -0.2) is 0 Å². The molecule has 0 aliphatic rings. The number of fused-ring (bicyclic) bond motifs is 1. The van der Waals surface area contributed by atoms with E-state index in [1.807, 2.05) is 43.3 Å². The van der Waals surface area contributed by atoms with Crippen LogP contribution in [-0.4, -0.2) is 11.9 Å². The molecule has 0 aromatic heterocycles. The molecular formula is C23H21F2NO. The van der Waals surface area contributed by atoms with E-state index < -0.39 is 6.08 Å². The number of rotatable bonds is 6. The fourth-order valence-corrected chi connectivity index (χ4v) is 3.08. The van der Waals surface area contributed by atoms with Crippen molar-refractivity contribution < 1.29 is 13.6 Å². The quantitative estimate of drug-likeness (QED) is 0.566. The molecule has 0 aliphatic heterocycles. The fourth-order valence-electron chi connectivity index (χ4n) is 3.08. The normalized spacial score (nSPS) is 11.8. The second-order valence-corrected chi connectivity index (χ2v) is 6.45. The summed E-state index contributed by atoms with van der Waals surface area (Å²) in [7, 11) is 0. The fraction of sp³-hybridized carbons (Fsp3) is 0.174. The van der Waals surface area contributed by atoms with Gasteiger partial charge in [0, 0.05) is 17.2 Å². The lowest BCUT2D eigenvalue weighted by Gasteiger charge is -2.19. The largest absolute Gasteiger partial charge is 0.349 e. The summed E-state index contributed by atoms with van der Waals surface area (Å²) in [5.74, 6) is -0.250. The third kappa shape index (κ3) is 4.59. The summed E-state index contributed by atoms with van der Waals surface area (Å²) in [6, 6.07) is 21.4.